The number of hydrogen-bond acceptors (Lipinski definition) is 13. The van der Waals surface area contributed by atoms with Gasteiger partial charge < -0.3 is 76.3 Å². The quantitative estimate of drug-likeness (QED) is 0.0176. The van der Waals surface area contributed by atoms with Crippen molar-refractivity contribution < 1.29 is 58.5 Å². The number of thioether (sulfide) groups is 1. The molecule has 0 aromatic rings. The lowest BCUT2D eigenvalue weighted by atomic mass is 10.0. The molecule has 0 aliphatic rings. The highest BCUT2D eigenvalue weighted by molar-refractivity contribution is 7.98. The van der Waals surface area contributed by atoms with Crippen molar-refractivity contribution in [3.05, 3.63) is 0 Å². The van der Waals surface area contributed by atoms with E-state index in [0.717, 1.165) is 0 Å². The van der Waals surface area contributed by atoms with Gasteiger partial charge in [-0.3, -0.25) is 53.1 Å². The second kappa shape index (κ2) is 28.5. The van der Waals surface area contributed by atoms with E-state index in [-0.39, 0.29) is 69.3 Å². The van der Waals surface area contributed by atoms with Gasteiger partial charge >= 0.3 is 17.9 Å². The molecular formula is C32H57N13O12S. The van der Waals surface area contributed by atoms with Gasteiger partial charge in [-0.05, 0) is 63.4 Å². The van der Waals surface area contributed by atoms with Crippen molar-refractivity contribution >= 4 is 77.0 Å². The van der Waals surface area contributed by atoms with Crippen LogP contribution in [0, 0.1) is 0 Å². The molecule has 6 unspecified atom stereocenters. The minimum Gasteiger partial charge on any atom is -0.481 e. The maximum atomic E-state index is 13.7. The van der Waals surface area contributed by atoms with Gasteiger partial charge in [-0.2, -0.15) is 11.8 Å². The molecule has 0 rings (SSSR count). The second-order valence-electron chi connectivity index (χ2n) is 12.8. The number of carbonyl (C=O) groups excluding carboxylic acids is 6. The van der Waals surface area contributed by atoms with Crippen LogP contribution in [0.3, 0.4) is 0 Å². The van der Waals surface area contributed by atoms with Gasteiger partial charge in [0.15, 0.2) is 11.9 Å². The number of aliphatic carboxylic acids is 3. The van der Waals surface area contributed by atoms with Crippen LogP contribution in [0.2, 0.25) is 0 Å². The highest BCUT2D eigenvalue weighted by Gasteiger charge is 2.33. The van der Waals surface area contributed by atoms with Crippen LogP contribution < -0.4 is 61.0 Å². The summed E-state index contributed by atoms with van der Waals surface area (Å²) in [5.41, 5.74) is 32.6. The molecular weight excluding hydrogens is 790 g/mol. The third-order valence-corrected chi connectivity index (χ3v) is 8.64. The molecule has 0 fully saturated rings. The number of guanidine groups is 2. The van der Waals surface area contributed by atoms with E-state index in [9.17, 15) is 53.4 Å². The lowest BCUT2D eigenvalue weighted by Crippen LogP contribution is -2.59. The monoisotopic (exact) mass is 847 g/mol. The lowest BCUT2D eigenvalue weighted by molar-refractivity contribution is -0.139. The van der Waals surface area contributed by atoms with Crippen molar-refractivity contribution in [2.45, 2.75) is 107 Å². The molecule has 0 aliphatic carbocycles. The van der Waals surface area contributed by atoms with E-state index in [1.807, 2.05) is 0 Å². The maximum Gasteiger partial charge on any atom is 0.303 e. The van der Waals surface area contributed by atoms with Crippen molar-refractivity contribution in [3.8, 4) is 0 Å². The van der Waals surface area contributed by atoms with Crippen LogP contribution in [0.15, 0.2) is 9.98 Å². The first-order chi connectivity index (χ1) is 27.2. The average molecular weight is 848 g/mol. The Morgan fingerprint density at radius 2 is 0.828 bits per heavy atom. The van der Waals surface area contributed by atoms with E-state index in [2.05, 4.69) is 36.6 Å². The van der Waals surface area contributed by atoms with Crippen molar-refractivity contribution in [2.24, 2.45) is 44.4 Å². The molecule has 0 saturated carbocycles. The minimum absolute atomic E-state index is 0.0192. The van der Waals surface area contributed by atoms with E-state index < -0.39 is 122 Å². The third kappa shape index (κ3) is 23.9. The van der Waals surface area contributed by atoms with Gasteiger partial charge in [-0.15, -0.1) is 0 Å². The van der Waals surface area contributed by atoms with Crippen LogP contribution in [-0.4, -0.2) is 142 Å². The summed E-state index contributed by atoms with van der Waals surface area (Å²) >= 11 is 1.28. The first-order valence-corrected chi connectivity index (χ1v) is 19.4. The predicted octanol–water partition coefficient (Wildman–Crippen LogP) is -5.32. The Kier molecular flexibility index (Phi) is 25.6. The number of carboxylic acids is 3. The molecule has 0 aromatic carbocycles. The van der Waals surface area contributed by atoms with E-state index in [0.29, 0.717) is 0 Å². The average Bonchev–Trinajstić information content (AvgIpc) is 3.13. The van der Waals surface area contributed by atoms with Crippen LogP contribution in [0.1, 0.15) is 70.6 Å². The van der Waals surface area contributed by atoms with E-state index in [1.54, 1.807) is 6.26 Å². The number of nitrogens with two attached hydrogens (primary N) is 6. The molecule has 328 valence electrons. The smallest absolute Gasteiger partial charge is 0.303 e. The molecule has 0 saturated heterocycles. The number of primary amides is 1. The molecule has 6 atom stereocenters. The van der Waals surface area contributed by atoms with E-state index in [1.165, 1.54) is 11.8 Å². The normalized spacial score (nSPS) is 13.8. The molecule has 26 heteroatoms. The summed E-state index contributed by atoms with van der Waals surface area (Å²) in [4.78, 5) is 120. The van der Waals surface area contributed by atoms with Crippen molar-refractivity contribution in [1.29, 1.82) is 0 Å². The summed E-state index contributed by atoms with van der Waals surface area (Å²) in [5, 5.41) is 39.5. The zero-order chi connectivity index (χ0) is 44.4. The van der Waals surface area contributed by atoms with Crippen molar-refractivity contribution in [3.63, 3.8) is 0 Å². The maximum absolute atomic E-state index is 13.7. The molecule has 0 bridgehead atoms. The topological polar surface area (TPSA) is 455 Å². The van der Waals surface area contributed by atoms with Gasteiger partial charge in [0.05, 0.1) is 6.04 Å². The zero-order valence-electron chi connectivity index (χ0n) is 32.1. The largest absolute Gasteiger partial charge is 0.481 e. The van der Waals surface area contributed by atoms with Gasteiger partial charge in [0.1, 0.15) is 30.2 Å². The molecule has 0 spiro atoms. The highest BCUT2D eigenvalue weighted by atomic mass is 32.2. The van der Waals surface area contributed by atoms with Crippen LogP contribution >= 0.6 is 11.8 Å². The van der Waals surface area contributed by atoms with Crippen LogP contribution in [0.4, 0.5) is 0 Å². The number of carbonyl (C=O) groups is 9. The number of nitrogens with zero attached hydrogens (tertiary/aromatic N) is 2. The first-order valence-electron chi connectivity index (χ1n) is 18.0. The third-order valence-electron chi connectivity index (χ3n) is 7.99. The molecule has 0 heterocycles. The summed E-state index contributed by atoms with van der Waals surface area (Å²) in [7, 11) is 0. The number of rotatable bonds is 31. The van der Waals surface area contributed by atoms with Crippen LogP contribution in [-0.2, 0) is 43.2 Å². The Bertz CT molecular complexity index is 1490. The Balaban J connectivity index is 6.38. The molecule has 25 nitrogen and oxygen atoms in total. The summed E-state index contributed by atoms with van der Waals surface area (Å²) in [6.07, 6.45) is -1.01. The fraction of sp³-hybridized carbons (Fsp3) is 0.656. The second-order valence-corrected chi connectivity index (χ2v) is 13.8. The summed E-state index contributed by atoms with van der Waals surface area (Å²) in [6, 6.07) is -8.53. The molecule has 0 aliphatic heterocycles. The van der Waals surface area contributed by atoms with Crippen molar-refractivity contribution in [2.75, 3.05) is 25.1 Å². The molecule has 6 amide bonds. The van der Waals surface area contributed by atoms with Crippen LogP contribution in [0.5, 0.6) is 0 Å². The Hall–Kier alpha value is -5.92. The number of aliphatic imine (C=N–C) groups is 2. The molecule has 0 aromatic heterocycles. The Morgan fingerprint density at radius 3 is 1.19 bits per heavy atom. The summed E-state index contributed by atoms with van der Waals surface area (Å²) < 4.78 is 0. The lowest BCUT2D eigenvalue weighted by Gasteiger charge is -2.27. The summed E-state index contributed by atoms with van der Waals surface area (Å²) in [5.74, 6) is -9.77. The van der Waals surface area contributed by atoms with Crippen LogP contribution in [0.25, 0.3) is 0 Å². The Morgan fingerprint density at radius 1 is 0.500 bits per heavy atom. The highest BCUT2D eigenvalue weighted by Crippen LogP contribution is 2.09. The van der Waals surface area contributed by atoms with Gasteiger partial charge in [0, 0.05) is 32.4 Å². The Labute approximate surface area is 338 Å². The molecule has 0 radical (unpaired) electrons. The van der Waals surface area contributed by atoms with Gasteiger partial charge in [-0.25, -0.2) is 0 Å². The van der Waals surface area contributed by atoms with Crippen molar-refractivity contribution in [1.82, 2.24) is 26.6 Å². The fourth-order valence-corrected chi connectivity index (χ4v) is 5.39. The number of nitrogens with one attached hydrogen (secondary N) is 5. The van der Waals surface area contributed by atoms with Gasteiger partial charge in [0.25, 0.3) is 0 Å². The fourth-order valence-electron chi connectivity index (χ4n) is 4.92. The zero-order valence-corrected chi connectivity index (χ0v) is 33.0. The summed E-state index contributed by atoms with van der Waals surface area (Å²) in [6.45, 7) is 0.141. The van der Waals surface area contributed by atoms with Gasteiger partial charge in [-0.1, -0.05) is 0 Å². The molecule has 20 N–H and O–H groups in total. The number of amides is 6. The number of hydrogen-bond donors (Lipinski definition) is 14. The molecule has 58 heavy (non-hydrogen) atoms. The minimum atomic E-state index is -1.61. The van der Waals surface area contributed by atoms with Gasteiger partial charge in [0.2, 0.25) is 35.4 Å². The SMILES string of the molecule is CSCCC(NC(=O)C(CCC(=O)O)NC(=O)C(N)CCC(=O)O)C(=O)NC(CCC(=O)O)C(=O)NC(CCCN=C(N)N)C(=O)NC(CCCN=C(N)N)C(N)=O. The van der Waals surface area contributed by atoms with E-state index in [4.69, 9.17) is 39.5 Å². The first kappa shape index (κ1) is 52.1. The predicted molar refractivity (Wildman–Crippen MR) is 210 cm³/mol. The van der Waals surface area contributed by atoms with E-state index >= 15 is 0 Å². The number of carboxylic acid groups (broad SMARTS) is 3. The standard InChI is InChI=1S/C32H57N13O12S/c1-58-15-12-21(45-28(55)19(7-10-23(48)49)42-26(53)16(33)6-9-22(46)47)30(57)44-20(8-11-24(50)51)29(56)43-18(5-3-14-40-32(37)38)27(54)41-17(25(34)52)4-2-13-39-31(35)36/h16-21H,2-15,33H2,1H3,(H2,34,52)(H,41,54)(H,42,53)(H,43,56)(H,44,57)(H,45,55)(H,46,47)(H,48,49)(H,50,51)(H4,35,36,39)(H4,37,38,40).